The third kappa shape index (κ3) is 4.01. The third-order valence-electron chi connectivity index (χ3n) is 5.24. The van der Waals surface area contributed by atoms with Crippen LogP contribution in [0.25, 0.3) is 0 Å². The Labute approximate surface area is 187 Å². The van der Waals surface area contributed by atoms with E-state index in [4.69, 9.17) is 0 Å². The summed E-state index contributed by atoms with van der Waals surface area (Å²) in [6.07, 6.45) is 0. The molecular weight excluding hydrogens is 404 g/mol. The average molecular weight is 429 g/mol. The third-order valence-corrected chi connectivity index (χ3v) is 6.32. The van der Waals surface area contributed by atoms with E-state index in [2.05, 4.69) is 0 Å². The number of hydrogen-bond acceptors (Lipinski definition) is 4. The van der Waals surface area contributed by atoms with Crippen LogP contribution in [0, 0.1) is 13.8 Å². The number of aryl methyl sites for hydroxylation is 2. The number of carbonyl (C=O) groups excluding carboxylic acids is 2. The molecule has 0 bridgehead atoms. The van der Waals surface area contributed by atoms with Gasteiger partial charge >= 0.3 is 0 Å². The second-order valence-corrected chi connectivity index (χ2v) is 8.49. The van der Waals surface area contributed by atoms with Crippen molar-refractivity contribution >= 4 is 35.0 Å². The first-order valence-electron chi connectivity index (χ1n) is 10.3. The summed E-state index contributed by atoms with van der Waals surface area (Å²) < 4.78 is 0. The van der Waals surface area contributed by atoms with Crippen LogP contribution in [0.2, 0.25) is 0 Å². The number of para-hydroxylation sites is 1. The fourth-order valence-corrected chi connectivity index (χ4v) is 4.69. The lowest BCUT2D eigenvalue weighted by Crippen LogP contribution is -2.35. The number of nitrogens with zero attached hydrogens (tertiary/aromatic N) is 2. The summed E-state index contributed by atoms with van der Waals surface area (Å²) in [5, 5.41) is 0. The van der Waals surface area contributed by atoms with Crippen LogP contribution in [0.4, 0.5) is 11.4 Å². The fraction of sp³-hybridized carbons (Fsp3) is 0.154. The van der Waals surface area contributed by atoms with Crippen LogP contribution in [-0.4, -0.2) is 18.4 Å². The molecule has 0 atom stereocenters. The van der Waals surface area contributed by atoms with Gasteiger partial charge in [-0.25, -0.2) is 4.90 Å². The van der Waals surface area contributed by atoms with Gasteiger partial charge in [-0.3, -0.25) is 9.59 Å². The molecule has 0 unspecified atom stereocenters. The van der Waals surface area contributed by atoms with Crippen molar-refractivity contribution < 1.29 is 9.59 Å². The summed E-state index contributed by atoms with van der Waals surface area (Å²) in [5.41, 5.74) is 3.84. The second kappa shape index (κ2) is 8.82. The van der Waals surface area contributed by atoms with E-state index >= 15 is 0 Å². The fourth-order valence-electron chi connectivity index (χ4n) is 3.69. The molecule has 0 aromatic heterocycles. The number of thioether (sulfide) groups is 1. The first-order valence-corrected chi connectivity index (χ1v) is 11.1. The molecule has 0 aliphatic carbocycles. The summed E-state index contributed by atoms with van der Waals surface area (Å²) >= 11 is 1.34. The standard InChI is InChI=1S/C26H24N2O2S/c1-4-27(20-11-7-5-8-12-20)23-24(31-21-13-9-6-10-14-21)26(30)28(25(23)29)22-17-18(2)15-16-19(22)3/h5-17H,4H2,1-3H3. The highest BCUT2D eigenvalue weighted by molar-refractivity contribution is 8.04. The minimum absolute atomic E-state index is 0.281. The Bertz CT molecular complexity index is 1160. The zero-order chi connectivity index (χ0) is 22.0. The van der Waals surface area contributed by atoms with E-state index < -0.39 is 0 Å². The zero-order valence-electron chi connectivity index (χ0n) is 17.8. The van der Waals surface area contributed by atoms with Crippen molar-refractivity contribution in [2.45, 2.75) is 25.7 Å². The molecule has 4 rings (SSSR count). The summed E-state index contributed by atoms with van der Waals surface area (Å²) in [6.45, 7) is 6.44. The number of benzene rings is 3. The van der Waals surface area contributed by atoms with Crippen molar-refractivity contribution in [2.75, 3.05) is 16.3 Å². The van der Waals surface area contributed by atoms with E-state index in [0.29, 0.717) is 22.8 Å². The molecule has 1 heterocycles. The van der Waals surface area contributed by atoms with Gasteiger partial charge in [-0.2, -0.15) is 0 Å². The van der Waals surface area contributed by atoms with E-state index in [1.54, 1.807) is 0 Å². The number of imide groups is 1. The van der Waals surface area contributed by atoms with Crippen molar-refractivity contribution in [3.05, 3.63) is 101 Å². The summed E-state index contributed by atoms with van der Waals surface area (Å²) in [6, 6.07) is 25.3. The maximum atomic E-state index is 13.7. The van der Waals surface area contributed by atoms with Crippen molar-refractivity contribution in [1.29, 1.82) is 0 Å². The monoisotopic (exact) mass is 428 g/mol. The summed E-state index contributed by atoms with van der Waals surface area (Å²) in [4.78, 5) is 32.0. The van der Waals surface area contributed by atoms with Gasteiger partial charge in [0.1, 0.15) is 10.6 Å². The minimum atomic E-state index is -0.289. The van der Waals surface area contributed by atoms with Gasteiger partial charge in [-0.05, 0) is 62.2 Å². The quantitative estimate of drug-likeness (QED) is 0.472. The highest BCUT2D eigenvalue weighted by atomic mass is 32.2. The second-order valence-electron chi connectivity index (χ2n) is 7.41. The zero-order valence-corrected chi connectivity index (χ0v) is 18.6. The summed E-state index contributed by atoms with van der Waals surface area (Å²) in [5.74, 6) is -0.570. The number of rotatable bonds is 6. The molecule has 0 saturated heterocycles. The van der Waals surface area contributed by atoms with Crippen molar-refractivity contribution in [2.24, 2.45) is 0 Å². The predicted molar refractivity (Wildman–Crippen MR) is 127 cm³/mol. The Kier molecular flexibility index (Phi) is 5.96. The smallest absolute Gasteiger partial charge is 0.283 e. The van der Waals surface area contributed by atoms with Gasteiger partial charge in [0.15, 0.2) is 0 Å². The van der Waals surface area contributed by atoms with Crippen LogP contribution in [0.5, 0.6) is 0 Å². The Morgan fingerprint density at radius 2 is 1.48 bits per heavy atom. The van der Waals surface area contributed by atoms with Crippen LogP contribution in [-0.2, 0) is 9.59 Å². The van der Waals surface area contributed by atoms with E-state index in [-0.39, 0.29) is 11.8 Å². The lowest BCUT2D eigenvalue weighted by atomic mass is 10.1. The van der Waals surface area contributed by atoms with Crippen LogP contribution in [0.15, 0.2) is 94.4 Å². The number of hydrogen-bond donors (Lipinski definition) is 0. The Morgan fingerprint density at radius 3 is 2.13 bits per heavy atom. The van der Waals surface area contributed by atoms with Crippen LogP contribution in [0.1, 0.15) is 18.1 Å². The molecule has 1 aliphatic rings. The van der Waals surface area contributed by atoms with Crippen molar-refractivity contribution in [3.63, 3.8) is 0 Å². The Balaban J connectivity index is 1.86. The van der Waals surface area contributed by atoms with Gasteiger partial charge in [-0.1, -0.05) is 60.3 Å². The molecule has 0 spiro atoms. The molecule has 0 N–H and O–H groups in total. The minimum Gasteiger partial charge on any atom is -0.336 e. The first-order chi connectivity index (χ1) is 15.0. The van der Waals surface area contributed by atoms with Gasteiger partial charge in [0, 0.05) is 17.1 Å². The molecule has 4 nitrogen and oxygen atoms in total. The maximum Gasteiger partial charge on any atom is 0.283 e. The molecule has 3 aromatic carbocycles. The van der Waals surface area contributed by atoms with Gasteiger partial charge in [0.2, 0.25) is 0 Å². The topological polar surface area (TPSA) is 40.6 Å². The highest BCUT2D eigenvalue weighted by Gasteiger charge is 2.43. The predicted octanol–water partition coefficient (Wildman–Crippen LogP) is 5.71. The lowest BCUT2D eigenvalue weighted by Gasteiger charge is -2.25. The maximum absolute atomic E-state index is 13.7. The SMILES string of the molecule is CCN(C1=C(Sc2ccccc2)C(=O)N(c2cc(C)ccc2C)C1=O)c1ccccc1. The van der Waals surface area contributed by atoms with Crippen molar-refractivity contribution in [1.82, 2.24) is 0 Å². The van der Waals surface area contributed by atoms with Gasteiger partial charge in [-0.15, -0.1) is 0 Å². The van der Waals surface area contributed by atoms with Crippen molar-refractivity contribution in [3.8, 4) is 0 Å². The van der Waals surface area contributed by atoms with E-state index in [1.165, 1.54) is 16.7 Å². The average Bonchev–Trinajstić information content (AvgIpc) is 3.02. The first kappa shape index (κ1) is 20.9. The lowest BCUT2D eigenvalue weighted by molar-refractivity contribution is -0.120. The van der Waals surface area contributed by atoms with Gasteiger partial charge < -0.3 is 4.90 Å². The molecule has 31 heavy (non-hydrogen) atoms. The normalized spacial score (nSPS) is 13.8. The number of carbonyl (C=O) groups is 2. The summed E-state index contributed by atoms with van der Waals surface area (Å²) in [7, 11) is 0. The largest absolute Gasteiger partial charge is 0.336 e. The molecule has 156 valence electrons. The molecule has 0 saturated carbocycles. The van der Waals surface area contributed by atoms with Gasteiger partial charge in [0.05, 0.1) is 5.69 Å². The molecule has 5 heteroatoms. The van der Waals surface area contributed by atoms with Crippen LogP contribution < -0.4 is 9.80 Å². The number of likely N-dealkylation sites (N-methyl/N-ethyl adjacent to an activating group) is 1. The highest BCUT2D eigenvalue weighted by Crippen LogP contribution is 2.40. The molecular formula is C26H24N2O2S. The molecule has 0 fully saturated rings. The molecule has 3 aromatic rings. The van der Waals surface area contributed by atoms with Crippen LogP contribution in [0.3, 0.4) is 0 Å². The molecule has 0 radical (unpaired) electrons. The van der Waals surface area contributed by atoms with E-state index in [0.717, 1.165) is 21.7 Å². The number of anilines is 2. The molecule has 1 aliphatic heterocycles. The molecule has 2 amide bonds. The van der Waals surface area contributed by atoms with Gasteiger partial charge in [0.25, 0.3) is 11.8 Å². The van der Waals surface area contributed by atoms with E-state index in [1.807, 2.05) is 105 Å². The van der Waals surface area contributed by atoms with Crippen LogP contribution >= 0.6 is 11.8 Å². The number of amides is 2. The Morgan fingerprint density at radius 1 is 0.839 bits per heavy atom. The Hall–Kier alpha value is -3.31. The van der Waals surface area contributed by atoms with E-state index in [9.17, 15) is 9.59 Å².